The number of allylic oxidation sites excluding steroid dienone is 1. The Kier molecular flexibility index (Phi) is 6.14. The first-order valence-corrected chi connectivity index (χ1v) is 11.4. The summed E-state index contributed by atoms with van der Waals surface area (Å²) in [6, 6.07) is 17.2. The Morgan fingerprint density at radius 3 is 2.18 bits per heavy atom. The fourth-order valence-electron chi connectivity index (χ4n) is 3.08. The Bertz CT molecular complexity index is 1330. The van der Waals surface area contributed by atoms with Crippen LogP contribution in [0.3, 0.4) is 0 Å². The Labute approximate surface area is 190 Å². The second-order valence-electron chi connectivity index (χ2n) is 7.17. The summed E-state index contributed by atoms with van der Waals surface area (Å²) in [5.41, 5.74) is 1.92. The largest absolute Gasteiger partial charge is 0.454 e. The zero-order valence-electron chi connectivity index (χ0n) is 17.6. The SMILES string of the molecule is CC(=O)c1ccc(NS(=O)(=O)c2ccc(N/C=C\C(=O)c3ccc4c(c3)OCO4)cc2)cc1. The average Bonchev–Trinajstić information content (AvgIpc) is 3.27. The molecule has 0 radical (unpaired) electrons. The molecule has 3 aromatic carbocycles. The van der Waals surface area contributed by atoms with Crippen LogP contribution in [0.2, 0.25) is 0 Å². The van der Waals surface area contributed by atoms with E-state index in [0.29, 0.717) is 34.0 Å². The molecule has 0 spiro atoms. The fourth-order valence-corrected chi connectivity index (χ4v) is 4.14. The molecule has 8 nitrogen and oxygen atoms in total. The number of sulfonamides is 1. The topological polar surface area (TPSA) is 111 Å². The van der Waals surface area contributed by atoms with Gasteiger partial charge in [-0.15, -0.1) is 0 Å². The molecule has 0 unspecified atom stereocenters. The number of carbonyl (C=O) groups is 2. The highest BCUT2D eigenvalue weighted by Gasteiger charge is 2.16. The molecular formula is C24H20N2O6S. The Balaban J connectivity index is 1.37. The molecular weight excluding hydrogens is 444 g/mol. The van der Waals surface area contributed by atoms with Crippen LogP contribution in [-0.2, 0) is 10.0 Å². The van der Waals surface area contributed by atoms with Crippen LogP contribution in [0.4, 0.5) is 11.4 Å². The van der Waals surface area contributed by atoms with Gasteiger partial charge in [-0.05, 0) is 73.7 Å². The molecule has 33 heavy (non-hydrogen) atoms. The van der Waals surface area contributed by atoms with Crippen molar-refractivity contribution in [1.29, 1.82) is 0 Å². The maximum atomic E-state index is 12.6. The van der Waals surface area contributed by atoms with E-state index in [0.717, 1.165) is 0 Å². The lowest BCUT2D eigenvalue weighted by atomic mass is 10.1. The average molecular weight is 464 g/mol. The van der Waals surface area contributed by atoms with Crippen LogP contribution >= 0.6 is 0 Å². The molecule has 4 rings (SSSR count). The highest BCUT2D eigenvalue weighted by molar-refractivity contribution is 7.92. The summed E-state index contributed by atoms with van der Waals surface area (Å²) >= 11 is 0. The quantitative estimate of drug-likeness (QED) is 0.379. The summed E-state index contributed by atoms with van der Waals surface area (Å²) in [5, 5.41) is 2.94. The maximum Gasteiger partial charge on any atom is 0.261 e. The lowest BCUT2D eigenvalue weighted by Crippen LogP contribution is -2.13. The fraction of sp³-hybridized carbons (Fsp3) is 0.0833. The number of benzene rings is 3. The van der Waals surface area contributed by atoms with Crippen molar-refractivity contribution in [3.63, 3.8) is 0 Å². The number of fused-ring (bicyclic) bond motifs is 1. The minimum Gasteiger partial charge on any atom is -0.454 e. The van der Waals surface area contributed by atoms with E-state index < -0.39 is 10.0 Å². The van der Waals surface area contributed by atoms with Crippen molar-refractivity contribution >= 4 is 33.0 Å². The Morgan fingerprint density at radius 1 is 0.848 bits per heavy atom. The highest BCUT2D eigenvalue weighted by atomic mass is 32.2. The van der Waals surface area contributed by atoms with Gasteiger partial charge in [-0.1, -0.05) is 0 Å². The van der Waals surface area contributed by atoms with E-state index in [1.807, 2.05) is 0 Å². The van der Waals surface area contributed by atoms with E-state index in [1.54, 1.807) is 42.5 Å². The molecule has 0 atom stereocenters. The van der Waals surface area contributed by atoms with Gasteiger partial charge >= 0.3 is 0 Å². The molecule has 0 aromatic heterocycles. The Hall–Kier alpha value is -4.11. The van der Waals surface area contributed by atoms with E-state index in [9.17, 15) is 18.0 Å². The lowest BCUT2D eigenvalue weighted by Gasteiger charge is -2.09. The van der Waals surface area contributed by atoms with Crippen molar-refractivity contribution in [2.75, 3.05) is 16.8 Å². The van der Waals surface area contributed by atoms with E-state index in [1.165, 1.54) is 43.5 Å². The van der Waals surface area contributed by atoms with Gasteiger partial charge in [0, 0.05) is 34.8 Å². The van der Waals surface area contributed by atoms with Crippen LogP contribution in [0.15, 0.2) is 83.9 Å². The summed E-state index contributed by atoms with van der Waals surface area (Å²) in [7, 11) is -3.80. The molecule has 0 fully saturated rings. The van der Waals surface area contributed by atoms with Crippen LogP contribution in [0.25, 0.3) is 0 Å². The number of hydrogen-bond acceptors (Lipinski definition) is 7. The predicted molar refractivity (Wildman–Crippen MR) is 123 cm³/mol. The van der Waals surface area contributed by atoms with Crippen LogP contribution in [0.5, 0.6) is 11.5 Å². The molecule has 1 aliphatic rings. The van der Waals surface area contributed by atoms with Gasteiger partial charge in [-0.3, -0.25) is 14.3 Å². The van der Waals surface area contributed by atoms with Crippen molar-refractivity contribution in [2.24, 2.45) is 0 Å². The molecule has 1 heterocycles. The zero-order valence-corrected chi connectivity index (χ0v) is 18.4. The smallest absolute Gasteiger partial charge is 0.261 e. The van der Waals surface area contributed by atoms with Crippen molar-refractivity contribution in [3.05, 3.63) is 90.1 Å². The number of rotatable bonds is 8. The van der Waals surface area contributed by atoms with Crippen molar-refractivity contribution in [2.45, 2.75) is 11.8 Å². The first kappa shape index (κ1) is 22.1. The molecule has 0 saturated carbocycles. The summed E-state index contributed by atoms with van der Waals surface area (Å²) in [4.78, 5) is 23.7. The summed E-state index contributed by atoms with van der Waals surface area (Å²) < 4.78 is 38.2. The lowest BCUT2D eigenvalue weighted by molar-refractivity contribution is 0.101. The first-order chi connectivity index (χ1) is 15.8. The standard InChI is InChI=1S/C24H20N2O6S/c1-16(27)17-2-5-20(6-3-17)26-33(29,30)21-9-7-19(8-10-21)25-13-12-22(28)18-4-11-23-24(14-18)32-15-31-23/h2-14,25-26H,15H2,1H3/b13-12-. The van der Waals surface area contributed by atoms with E-state index in [-0.39, 0.29) is 23.3 Å². The van der Waals surface area contributed by atoms with E-state index >= 15 is 0 Å². The van der Waals surface area contributed by atoms with Gasteiger partial charge in [-0.25, -0.2) is 8.42 Å². The summed E-state index contributed by atoms with van der Waals surface area (Å²) in [5.74, 6) is 0.813. The van der Waals surface area contributed by atoms with Crippen LogP contribution in [0, 0.1) is 0 Å². The molecule has 0 saturated heterocycles. The van der Waals surface area contributed by atoms with Gasteiger partial charge in [0.05, 0.1) is 4.90 Å². The molecule has 1 aliphatic heterocycles. The normalized spacial score (nSPS) is 12.5. The number of anilines is 2. The van der Waals surface area contributed by atoms with Crippen molar-refractivity contribution in [3.8, 4) is 11.5 Å². The summed E-state index contributed by atoms with van der Waals surface area (Å²) in [6.45, 7) is 1.58. The third-order valence-electron chi connectivity index (χ3n) is 4.85. The van der Waals surface area contributed by atoms with Crippen molar-refractivity contribution < 1.29 is 27.5 Å². The van der Waals surface area contributed by atoms with Crippen LogP contribution in [-0.4, -0.2) is 26.8 Å². The highest BCUT2D eigenvalue weighted by Crippen LogP contribution is 2.32. The molecule has 2 N–H and O–H groups in total. The molecule has 0 aliphatic carbocycles. The van der Waals surface area contributed by atoms with Gasteiger partial charge in [0.2, 0.25) is 6.79 Å². The van der Waals surface area contributed by atoms with Gasteiger partial charge < -0.3 is 14.8 Å². The minimum atomic E-state index is -3.80. The number of hydrogen-bond donors (Lipinski definition) is 2. The first-order valence-electron chi connectivity index (χ1n) is 9.93. The molecule has 0 amide bonds. The van der Waals surface area contributed by atoms with Gasteiger partial charge in [-0.2, -0.15) is 0 Å². The molecule has 0 bridgehead atoms. The van der Waals surface area contributed by atoms with Gasteiger partial charge in [0.25, 0.3) is 10.0 Å². The monoisotopic (exact) mass is 464 g/mol. The zero-order chi connectivity index (χ0) is 23.4. The third-order valence-corrected chi connectivity index (χ3v) is 6.25. The van der Waals surface area contributed by atoms with E-state index in [4.69, 9.17) is 9.47 Å². The molecule has 9 heteroatoms. The second-order valence-corrected chi connectivity index (χ2v) is 8.86. The van der Waals surface area contributed by atoms with Crippen LogP contribution in [0.1, 0.15) is 27.6 Å². The van der Waals surface area contributed by atoms with Crippen molar-refractivity contribution in [1.82, 2.24) is 0 Å². The minimum absolute atomic E-state index is 0.0733. The number of ketones is 2. The summed E-state index contributed by atoms with van der Waals surface area (Å²) in [6.07, 6.45) is 2.85. The predicted octanol–water partition coefficient (Wildman–Crippen LogP) is 4.23. The van der Waals surface area contributed by atoms with Gasteiger partial charge in [0.1, 0.15) is 0 Å². The van der Waals surface area contributed by atoms with Crippen LogP contribution < -0.4 is 19.5 Å². The number of nitrogens with one attached hydrogen (secondary N) is 2. The number of Topliss-reactive ketones (excluding diaryl/α,β-unsaturated/α-hetero) is 1. The third kappa shape index (κ3) is 5.21. The molecule has 168 valence electrons. The Morgan fingerprint density at radius 2 is 1.48 bits per heavy atom. The number of ether oxygens (including phenoxy) is 2. The van der Waals surface area contributed by atoms with Gasteiger partial charge in [0.15, 0.2) is 23.1 Å². The molecule has 3 aromatic rings. The maximum absolute atomic E-state index is 12.6. The second kappa shape index (κ2) is 9.17. The van der Waals surface area contributed by atoms with E-state index in [2.05, 4.69) is 10.0 Å². The number of carbonyl (C=O) groups excluding carboxylic acids is 2.